The molecular formula is C9H13ClN2O3S. The van der Waals surface area contributed by atoms with Gasteiger partial charge in [0.2, 0.25) is 10.0 Å². The van der Waals surface area contributed by atoms with Gasteiger partial charge in [0.1, 0.15) is 5.15 Å². The van der Waals surface area contributed by atoms with Gasteiger partial charge in [0.25, 0.3) is 0 Å². The summed E-state index contributed by atoms with van der Waals surface area (Å²) in [5, 5.41) is 0.317. The third-order valence-corrected chi connectivity index (χ3v) is 3.18. The number of nitrogens with zero attached hydrogens (tertiary/aromatic N) is 1. The standard InChI is InChI=1S/C9H13ClN2O3S/c1-2-15-5-6-16(13,14)12-8-3-4-9(10)11-7-8/h3-4,7,12H,2,5-6H2,1H3. The molecule has 0 amide bonds. The zero-order valence-corrected chi connectivity index (χ0v) is 10.4. The number of sulfonamides is 1. The fraction of sp³-hybridized carbons (Fsp3) is 0.444. The monoisotopic (exact) mass is 264 g/mol. The van der Waals surface area contributed by atoms with Gasteiger partial charge in [-0.15, -0.1) is 0 Å². The Hall–Kier alpha value is -0.850. The first-order valence-corrected chi connectivity index (χ1v) is 6.76. The van der Waals surface area contributed by atoms with E-state index in [2.05, 4.69) is 9.71 Å². The molecule has 0 radical (unpaired) electrons. The maximum Gasteiger partial charge on any atom is 0.235 e. The van der Waals surface area contributed by atoms with Gasteiger partial charge in [-0.3, -0.25) is 4.72 Å². The van der Waals surface area contributed by atoms with Crippen molar-refractivity contribution < 1.29 is 13.2 Å². The van der Waals surface area contributed by atoms with Crippen molar-refractivity contribution in [2.75, 3.05) is 23.7 Å². The highest BCUT2D eigenvalue weighted by atomic mass is 35.5. The summed E-state index contributed by atoms with van der Waals surface area (Å²) in [4.78, 5) is 3.77. The number of nitrogens with one attached hydrogen (secondary N) is 1. The number of rotatable bonds is 6. The highest BCUT2D eigenvalue weighted by Crippen LogP contribution is 2.11. The normalized spacial score (nSPS) is 11.4. The van der Waals surface area contributed by atoms with Crippen LogP contribution in [0.25, 0.3) is 0 Å². The van der Waals surface area contributed by atoms with Crippen LogP contribution in [-0.2, 0) is 14.8 Å². The van der Waals surface area contributed by atoms with E-state index in [-0.39, 0.29) is 12.4 Å². The van der Waals surface area contributed by atoms with Gasteiger partial charge < -0.3 is 4.74 Å². The van der Waals surface area contributed by atoms with Gasteiger partial charge >= 0.3 is 0 Å². The molecular weight excluding hydrogens is 252 g/mol. The van der Waals surface area contributed by atoms with Gasteiger partial charge in [-0.2, -0.15) is 0 Å². The summed E-state index contributed by atoms with van der Waals surface area (Å²) in [5.41, 5.74) is 0.390. The van der Waals surface area contributed by atoms with Crippen molar-refractivity contribution in [3.63, 3.8) is 0 Å². The Kier molecular flexibility index (Phi) is 4.98. The number of hydrogen-bond acceptors (Lipinski definition) is 4. The Bertz CT molecular complexity index is 419. The molecule has 90 valence electrons. The lowest BCUT2D eigenvalue weighted by molar-refractivity contribution is 0.163. The largest absolute Gasteiger partial charge is 0.381 e. The average molecular weight is 265 g/mol. The van der Waals surface area contributed by atoms with Crippen LogP contribution in [0, 0.1) is 0 Å². The average Bonchev–Trinajstić information content (AvgIpc) is 2.21. The van der Waals surface area contributed by atoms with E-state index in [4.69, 9.17) is 16.3 Å². The van der Waals surface area contributed by atoms with Crippen LogP contribution in [0.5, 0.6) is 0 Å². The Morgan fingerprint density at radius 2 is 2.25 bits per heavy atom. The second-order valence-corrected chi connectivity index (χ2v) is 5.22. The van der Waals surface area contributed by atoms with E-state index < -0.39 is 10.0 Å². The molecule has 1 aromatic rings. The lowest BCUT2D eigenvalue weighted by atomic mass is 10.4. The van der Waals surface area contributed by atoms with Crippen LogP contribution in [0.4, 0.5) is 5.69 Å². The van der Waals surface area contributed by atoms with Gasteiger partial charge in [0.15, 0.2) is 0 Å². The lowest BCUT2D eigenvalue weighted by Crippen LogP contribution is -2.20. The van der Waals surface area contributed by atoms with Crippen molar-refractivity contribution in [1.82, 2.24) is 4.98 Å². The highest BCUT2D eigenvalue weighted by Gasteiger charge is 2.10. The summed E-state index contributed by atoms with van der Waals surface area (Å²) in [6, 6.07) is 3.06. The van der Waals surface area contributed by atoms with Crippen LogP contribution in [0.1, 0.15) is 6.92 Å². The summed E-state index contributed by atoms with van der Waals surface area (Å²) in [5.74, 6) is -0.0799. The molecule has 1 aromatic heterocycles. The smallest absolute Gasteiger partial charge is 0.235 e. The molecule has 0 unspecified atom stereocenters. The third kappa shape index (κ3) is 4.78. The second kappa shape index (κ2) is 6.03. The predicted molar refractivity (Wildman–Crippen MR) is 63.1 cm³/mol. The minimum absolute atomic E-state index is 0.0799. The summed E-state index contributed by atoms with van der Waals surface area (Å²) in [6.45, 7) is 2.48. The van der Waals surface area contributed by atoms with Gasteiger partial charge in [0.05, 0.1) is 24.2 Å². The highest BCUT2D eigenvalue weighted by molar-refractivity contribution is 7.92. The third-order valence-electron chi connectivity index (χ3n) is 1.70. The number of anilines is 1. The SMILES string of the molecule is CCOCCS(=O)(=O)Nc1ccc(Cl)nc1. The van der Waals surface area contributed by atoms with Crippen LogP contribution in [0.15, 0.2) is 18.3 Å². The Balaban J connectivity index is 2.55. The number of pyridine rings is 1. The minimum Gasteiger partial charge on any atom is -0.381 e. The van der Waals surface area contributed by atoms with Crippen molar-refractivity contribution in [2.24, 2.45) is 0 Å². The van der Waals surface area contributed by atoms with E-state index in [1.807, 2.05) is 6.92 Å². The summed E-state index contributed by atoms with van der Waals surface area (Å²) in [6.07, 6.45) is 1.36. The quantitative estimate of drug-likeness (QED) is 0.625. The van der Waals surface area contributed by atoms with Crippen LogP contribution in [0.2, 0.25) is 5.15 Å². The van der Waals surface area contributed by atoms with E-state index in [1.165, 1.54) is 12.3 Å². The Morgan fingerprint density at radius 3 is 2.81 bits per heavy atom. The molecule has 0 saturated carbocycles. The van der Waals surface area contributed by atoms with E-state index in [0.29, 0.717) is 17.4 Å². The maximum absolute atomic E-state index is 11.5. The molecule has 0 bridgehead atoms. The van der Waals surface area contributed by atoms with Gasteiger partial charge in [0, 0.05) is 6.61 Å². The van der Waals surface area contributed by atoms with Crippen LogP contribution in [0.3, 0.4) is 0 Å². The fourth-order valence-corrected chi connectivity index (χ4v) is 2.01. The summed E-state index contributed by atoms with van der Waals surface area (Å²) < 4.78 is 30.4. The Morgan fingerprint density at radius 1 is 1.50 bits per heavy atom. The number of hydrogen-bond donors (Lipinski definition) is 1. The first-order chi connectivity index (χ1) is 7.53. The van der Waals surface area contributed by atoms with Crippen molar-refractivity contribution >= 4 is 27.3 Å². The van der Waals surface area contributed by atoms with Crippen LogP contribution in [-0.4, -0.2) is 32.4 Å². The first kappa shape index (κ1) is 13.2. The molecule has 1 rings (SSSR count). The van der Waals surface area contributed by atoms with Gasteiger partial charge in [-0.05, 0) is 19.1 Å². The van der Waals surface area contributed by atoms with E-state index >= 15 is 0 Å². The van der Waals surface area contributed by atoms with Crippen LogP contribution < -0.4 is 4.72 Å². The van der Waals surface area contributed by atoms with Gasteiger partial charge in [-0.1, -0.05) is 11.6 Å². The molecule has 0 aliphatic carbocycles. The molecule has 7 heteroatoms. The molecule has 1 heterocycles. The van der Waals surface area contributed by atoms with Crippen molar-refractivity contribution in [3.8, 4) is 0 Å². The van der Waals surface area contributed by atoms with E-state index in [0.717, 1.165) is 0 Å². The minimum atomic E-state index is -3.38. The van der Waals surface area contributed by atoms with E-state index in [1.54, 1.807) is 6.07 Å². The molecule has 5 nitrogen and oxygen atoms in total. The van der Waals surface area contributed by atoms with Gasteiger partial charge in [-0.25, -0.2) is 13.4 Å². The first-order valence-electron chi connectivity index (χ1n) is 4.73. The topological polar surface area (TPSA) is 68.3 Å². The molecule has 1 N–H and O–H groups in total. The number of halogens is 1. The van der Waals surface area contributed by atoms with Crippen molar-refractivity contribution in [1.29, 1.82) is 0 Å². The molecule has 0 spiro atoms. The number of ether oxygens (including phenoxy) is 1. The molecule has 0 aliphatic rings. The predicted octanol–water partition coefficient (Wildman–Crippen LogP) is 1.51. The summed E-state index contributed by atoms with van der Waals surface area (Å²) >= 11 is 5.58. The zero-order valence-electron chi connectivity index (χ0n) is 8.81. The molecule has 0 atom stereocenters. The Labute approximate surface area is 99.8 Å². The molecule has 0 aromatic carbocycles. The fourth-order valence-electron chi connectivity index (χ4n) is 0.980. The van der Waals surface area contributed by atoms with Crippen LogP contribution >= 0.6 is 11.6 Å². The summed E-state index contributed by atoms with van der Waals surface area (Å²) in [7, 11) is -3.38. The molecule has 0 aliphatic heterocycles. The van der Waals surface area contributed by atoms with E-state index in [9.17, 15) is 8.42 Å². The number of aromatic nitrogens is 1. The van der Waals surface area contributed by atoms with Crippen molar-refractivity contribution in [3.05, 3.63) is 23.5 Å². The molecule has 0 fully saturated rings. The second-order valence-electron chi connectivity index (χ2n) is 2.99. The van der Waals surface area contributed by atoms with Crippen molar-refractivity contribution in [2.45, 2.75) is 6.92 Å². The zero-order chi connectivity index (χ0) is 12.0. The molecule has 0 saturated heterocycles. The lowest BCUT2D eigenvalue weighted by Gasteiger charge is -2.07. The molecule has 16 heavy (non-hydrogen) atoms. The maximum atomic E-state index is 11.5.